The van der Waals surface area contributed by atoms with E-state index in [0.717, 1.165) is 11.3 Å². The number of hydrogen-bond acceptors (Lipinski definition) is 8. The third kappa shape index (κ3) is 4.99. The third-order valence-electron chi connectivity index (χ3n) is 2.22. The summed E-state index contributed by atoms with van der Waals surface area (Å²) in [6, 6.07) is 0. The molecule has 0 bridgehead atoms. The molecule has 0 aliphatic heterocycles. The minimum atomic E-state index is -1.45. The first-order valence-electron chi connectivity index (χ1n) is 6.36. The molecule has 0 aliphatic rings. The highest BCUT2D eigenvalue weighted by atomic mass is 32.1. The quantitative estimate of drug-likeness (QED) is 0.478. The summed E-state index contributed by atoms with van der Waals surface area (Å²) in [5, 5.41) is 14.3. The molecule has 1 rings (SSSR count). The molecule has 122 valence electrons. The molecule has 1 aromatic rings. The average Bonchev–Trinajstić information content (AvgIpc) is 2.73. The first kappa shape index (κ1) is 17.9. The average molecular weight is 329 g/mol. The summed E-state index contributed by atoms with van der Waals surface area (Å²) in [7, 11) is 0. The fraction of sp³-hybridized carbons (Fsp3) is 0.538. The molecule has 0 atom stereocenters. The molecule has 0 saturated heterocycles. The van der Waals surface area contributed by atoms with E-state index in [9.17, 15) is 9.59 Å². The van der Waals surface area contributed by atoms with Crippen molar-refractivity contribution in [1.29, 1.82) is 0 Å². The Bertz CT molecular complexity index is 601. The van der Waals surface area contributed by atoms with Crippen molar-refractivity contribution in [3.8, 4) is 0 Å². The van der Waals surface area contributed by atoms with Crippen LogP contribution in [0.3, 0.4) is 0 Å². The maximum absolute atomic E-state index is 12.0. The number of carboxylic acids is 1. The monoisotopic (exact) mass is 329 g/mol. The number of ether oxygens (including phenoxy) is 1. The molecular weight excluding hydrogens is 310 g/mol. The van der Waals surface area contributed by atoms with Gasteiger partial charge in [0.25, 0.3) is 0 Å². The van der Waals surface area contributed by atoms with Crippen molar-refractivity contribution in [3.05, 3.63) is 11.1 Å². The van der Waals surface area contributed by atoms with E-state index < -0.39 is 28.9 Å². The Balaban J connectivity index is 2.94. The molecule has 8 nitrogen and oxygen atoms in total. The van der Waals surface area contributed by atoms with E-state index in [4.69, 9.17) is 20.4 Å². The zero-order chi connectivity index (χ0) is 17.1. The van der Waals surface area contributed by atoms with Crippen molar-refractivity contribution in [2.45, 2.75) is 45.8 Å². The summed E-state index contributed by atoms with van der Waals surface area (Å²) in [6.45, 7) is 8.00. The van der Waals surface area contributed by atoms with Crippen molar-refractivity contribution in [2.24, 2.45) is 5.16 Å². The van der Waals surface area contributed by atoms with Crippen LogP contribution < -0.4 is 5.73 Å². The second kappa shape index (κ2) is 6.30. The Labute approximate surface area is 131 Å². The van der Waals surface area contributed by atoms with Crippen LogP contribution in [0.4, 0.5) is 5.13 Å². The van der Waals surface area contributed by atoms with E-state index in [0.29, 0.717) is 0 Å². The van der Waals surface area contributed by atoms with Gasteiger partial charge in [0.05, 0.1) is 0 Å². The van der Waals surface area contributed by atoms with Crippen molar-refractivity contribution >= 4 is 34.1 Å². The number of carboxylic acid groups (broad SMARTS) is 1. The van der Waals surface area contributed by atoms with Crippen LogP contribution in [0.2, 0.25) is 0 Å². The molecule has 0 fully saturated rings. The van der Waals surface area contributed by atoms with Gasteiger partial charge in [-0.25, -0.2) is 14.6 Å². The number of nitrogens with two attached hydrogens (primary N) is 1. The summed E-state index contributed by atoms with van der Waals surface area (Å²) in [4.78, 5) is 32.1. The molecular formula is C13H19N3O5S. The van der Waals surface area contributed by atoms with Crippen molar-refractivity contribution < 1.29 is 24.3 Å². The first-order chi connectivity index (χ1) is 9.92. The number of hydrogen-bond donors (Lipinski definition) is 2. The number of rotatable bonds is 5. The number of thiazole rings is 1. The minimum absolute atomic E-state index is 0.0648. The summed E-state index contributed by atoms with van der Waals surface area (Å²) in [6.07, 6.45) is 0. The lowest BCUT2D eigenvalue weighted by Crippen LogP contribution is -2.40. The number of nitrogen functional groups attached to an aromatic ring is 1. The van der Waals surface area contributed by atoms with E-state index in [-0.39, 0.29) is 10.8 Å². The maximum Gasteiger partial charge on any atom is 0.360 e. The maximum atomic E-state index is 12.0. The topological polar surface area (TPSA) is 124 Å². The Kier molecular flexibility index (Phi) is 5.13. The summed E-state index contributed by atoms with van der Waals surface area (Å²) >= 11 is 1.07. The van der Waals surface area contributed by atoms with Gasteiger partial charge in [-0.05, 0) is 34.6 Å². The molecule has 0 unspecified atom stereocenters. The van der Waals surface area contributed by atoms with E-state index in [2.05, 4.69) is 10.1 Å². The van der Waals surface area contributed by atoms with Crippen LogP contribution in [0.25, 0.3) is 0 Å². The Morgan fingerprint density at radius 1 is 1.32 bits per heavy atom. The molecule has 0 radical (unpaired) electrons. The summed E-state index contributed by atoms with van der Waals surface area (Å²) in [5.74, 6) is -2.00. The lowest BCUT2D eigenvalue weighted by Gasteiger charge is -2.26. The van der Waals surface area contributed by atoms with Gasteiger partial charge < -0.3 is 20.4 Å². The molecule has 9 heteroatoms. The minimum Gasteiger partial charge on any atom is -0.476 e. The summed E-state index contributed by atoms with van der Waals surface area (Å²) in [5.41, 5.74) is 2.94. The molecule has 1 heterocycles. The Hall–Kier alpha value is -2.16. The normalized spacial score (nSPS) is 12.9. The van der Waals surface area contributed by atoms with Crippen LogP contribution >= 0.6 is 11.3 Å². The highest BCUT2D eigenvalue weighted by molar-refractivity contribution is 7.13. The number of esters is 1. The van der Waals surface area contributed by atoms with Gasteiger partial charge in [-0.15, -0.1) is 11.3 Å². The number of anilines is 1. The van der Waals surface area contributed by atoms with Gasteiger partial charge >= 0.3 is 11.9 Å². The van der Waals surface area contributed by atoms with E-state index in [1.165, 1.54) is 19.2 Å². The van der Waals surface area contributed by atoms with Gasteiger partial charge in [0.1, 0.15) is 11.3 Å². The molecule has 0 spiro atoms. The lowest BCUT2D eigenvalue weighted by molar-refractivity contribution is -0.179. The van der Waals surface area contributed by atoms with E-state index in [1.807, 2.05) is 0 Å². The predicted octanol–water partition coefficient (Wildman–Crippen LogP) is 1.65. The van der Waals surface area contributed by atoms with Gasteiger partial charge in [0, 0.05) is 5.38 Å². The number of aliphatic carboxylic acids is 1. The zero-order valence-electron chi connectivity index (χ0n) is 13.0. The SMILES string of the molecule is CC(C)(C)OC(=O)C(C)(C)O/N=C(\C(=O)O)c1csc(N)n1. The second-order valence-corrected chi connectivity index (χ2v) is 6.81. The zero-order valence-corrected chi connectivity index (χ0v) is 13.9. The fourth-order valence-corrected chi connectivity index (χ4v) is 1.74. The predicted molar refractivity (Wildman–Crippen MR) is 81.7 cm³/mol. The molecule has 0 aliphatic carbocycles. The second-order valence-electron chi connectivity index (χ2n) is 5.92. The number of aromatic nitrogens is 1. The largest absolute Gasteiger partial charge is 0.476 e. The van der Waals surface area contributed by atoms with Crippen LogP contribution in [0.5, 0.6) is 0 Å². The number of nitrogens with zero attached hydrogens (tertiary/aromatic N) is 2. The van der Waals surface area contributed by atoms with Gasteiger partial charge in [-0.2, -0.15) is 0 Å². The molecule has 22 heavy (non-hydrogen) atoms. The highest BCUT2D eigenvalue weighted by Gasteiger charge is 2.35. The van der Waals surface area contributed by atoms with E-state index >= 15 is 0 Å². The Morgan fingerprint density at radius 2 is 1.91 bits per heavy atom. The smallest absolute Gasteiger partial charge is 0.360 e. The number of oxime groups is 1. The highest BCUT2D eigenvalue weighted by Crippen LogP contribution is 2.19. The van der Waals surface area contributed by atoms with Crippen molar-refractivity contribution in [1.82, 2.24) is 4.98 Å². The molecule has 1 aromatic heterocycles. The molecule has 0 amide bonds. The lowest BCUT2D eigenvalue weighted by atomic mass is 10.1. The number of carbonyl (C=O) groups is 2. The van der Waals surface area contributed by atoms with Gasteiger partial charge in [-0.3, -0.25) is 0 Å². The molecule has 0 saturated carbocycles. The van der Waals surface area contributed by atoms with Crippen LogP contribution in [0.15, 0.2) is 10.5 Å². The first-order valence-corrected chi connectivity index (χ1v) is 7.24. The standard InChI is InChI=1S/C13H19N3O5S/c1-12(2,3)20-10(19)13(4,5)21-16-8(9(17)18)7-6-22-11(14)15-7/h6H,1-5H3,(H2,14,15)(H,17,18)/b16-8-. The van der Waals surface area contributed by atoms with E-state index in [1.54, 1.807) is 20.8 Å². The molecule has 0 aromatic carbocycles. The van der Waals surface area contributed by atoms with Crippen molar-refractivity contribution in [3.63, 3.8) is 0 Å². The number of carbonyl (C=O) groups excluding carboxylic acids is 1. The third-order valence-corrected chi connectivity index (χ3v) is 2.90. The van der Waals surface area contributed by atoms with Crippen LogP contribution in [0.1, 0.15) is 40.3 Å². The van der Waals surface area contributed by atoms with Crippen LogP contribution in [0, 0.1) is 0 Å². The van der Waals surface area contributed by atoms with Crippen LogP contribution in [-0.4, -0.2) is 38.9 Å². The fourth-order valence-electron chi connectivity index (χ4n) is 1.19. The van der Waals surface area contributed by atoms with Gasteiger partial charge in [0.2, 0.25) is 11.3 Å². The Morgan fingerprint density at radius 3 is 2.32 bits per heavy atom. The summed E-state index contributed by atoms with van der Waals surface area (Å²) < 4.78 is 5.19. The van der Waals surface area contributed by atoms with Gasteiger partial charge in [-0.1, -0.05) is 5.16 Å². The van der Waals surface area contributed by atoms with Crippen LogP contribution in [-0.2, 0) is 19.2 Å². The van der Waals surface area contributed by atoms with Crippen molar-refractivity contribution in [2.75, 3.05) is 5.73 Å². The van der Waals surface area contributed by atoms with Gasteiger partial charge in [0.15, 0.2) is 5.13 Å². The molecule has 3 N–H and O–H groups in total.